The van der Waals surface area contributed by atoms with Crippen LogP contribution in [0.5, 0.6) is 0 Å². The highest BCUT2D eigenvalue weighted by Gasteiger charge is 2.22. The fourth-order valence-electron chi connectivity index (χ4n) is 2.38. The second-order valence-corrected chi connectivity index (χ2v) is 5.77. The Morgan fingerprint density at radius 1 is 1.56 bits per heavy atom. The molecule has 0 saturated carbocycles. The number of aryl methyl sites for hydroxylation is 2. The monoisotopic (exact) mass is 315 g/mol. The first-order valence-corrected chi connectivity index (χ1v) is 7.46. The van der Waals surface area contributed by atoms with Gasteiger partial charge in [-0.25, -0.2) is 0 Å². The largest absolute Gasteiger partial charge is 0.370 e. The van der Waals surface area contributed by atoms with Gasteiger partial charge in [-0.15, -0.1) is 0 Å². The normalized spacial score (nSPS) is 24.4. The molecule has 2 rings (SSSR count). The minimum atomic E-state index is 0.311. The molecular formula is C13H22BrN3O. The average Bonchev–Trinajstić information content (AvgIpc) is 2.65. The van der Waals surface area contributed by atoms with Gasteiger partial charge in [-0.1, -0.05) is 6.92 Å². The van der Waals surface area contributed by atoms with E-state index in [2.05, 4.69) is 40.2 Å². The molecule has 0 spiro atoms. The van der Waals surface area contributed by atoms with Gasteiger partial charge in [-0.3, -0.25) is 4.68 Å². The van der Waals surface area contributed by atoms with Crippen LogP contribution < -0.4 is 5.32 Å². The second-order valence-electron chi connectivity index (χ2n) is 4.98. The molecule has 0 bridgehead atoms. The van der Waals surface area contributed by atoms with Gasteiger partial charge in [0.25, 0.3) is 0 Å². The fraction of sp³-hybridized carbons (Fsp3) is 0.769. The molecule has 0 aromatic carbocycles. The molecule has 102 valence electrons. The SMILES string of the molecule is CCn1nc(C)c(Br)c1COC1CNCCC1C. The second kappa shape index (κ2) is 6.17. The summed E-state index contributed by atoms with van der Waals surface area (Å²) in [6.45, 7) is 9.96. The molecule has 2 heterocycles. The van der Waals surface area contributed by atoms with Gasteiger partial charge < -0.3 is 10.1 Å². The Morgan fingerprint density at radius 2 is 2.33 bits per heavy atom. The van der Waals surface area contributed by atoms with Crippen molar-refractivity contribution in [1.82, 2.24) is 15.1 Å². The number of nitrogens with one attached hydrogen (secondary N) is 1. The van der Waals surface area contributed by atoms with Crippen LogP contribution in [-0.2, 0) is 17.9 Å². The van der Waals surface area contributed by atoms with E-state index in [0.717, 1.165) is 35.5 Å². The first-order chi connectivity index (χ1) is 8.63. The van der Waals surface area contributed by atoms with Gasteiger partial charge >= 0.3 is 0 Å². The number of rotatable bonds is 4. The molecule has 1 saturated heterocycles. The van der Waals surface area contributed by atoms with Crippen molar-refractivity contribution in [3.05, 3.63) is 15.9 Å². The van der Waals surface area contributed by atoms with E-state index in [1.54, 1.807) is 0 Å². The number of hydrogen-bond acceptors (Lipinski definition) is 3. The van der Waals surface area contributed by atoms with E-state index in [1.165, 1.54) is 6.42 Å². The van der Waals surface area contributed by atoms with Crippen molar-refractivity contribution in [2.45, 2.75) is 46.4 Å². The molecule has 0 amide bonds. The van der Waals surface area contributed by atoms with E-state index in [-0.39, 0.29) is 0 Å². The molecule has 0 aliphatic carbocycles. The molecule has 2 unspecified atom stereocenters. The summed E-state index contributed by atoms with van der Waals surface area (Å²) in [4.78, 5) is 0. The molecule has 0 radical (unpaired) electrons. The van der Waals surface area contributed by atoms with Crippen molar-refractivity contribution in [3.8, 4) is 0 Å². The molecule has 1 aromatic rings. The lowest BCUT2D eigenvalue weighted by Crippen LogP contribution is -2.41. The summed E-state index contributed by atoms with van der Waals surface area (Å²) in [5.74, 6) is 0.629. The Balaban J connectivity index is 2.01. The summed E-state index contributed by atoms with van der Waals surface area (Å²) in [6, 6.07) is 0. The van der Waals surface area contributed by atoms with Crippen LogP contribution >= 0.6 is 15.9 Å². The first kappa shape index (κ1) is 14.0. The molecule has 4 nitrogen and oxygen atoms in total. The van der Waals surface area contributed by atoms with Crippen molar-refractivity contribution in [3.63, 3.8) is 0 Å². The highest BCUT2D eigenvalue weighted by molar-refractivity contribution is 9.10. The van der Waals surface area contributed by atoms with Crippen molar-refractivity contribution < 1.29 is 4.74 Å². The third-order valence-corrected chi connectivity index (χ3v) is 4.68. The summed E-state index contributed by atoms with van der Waals surface area (Å²) < 4.78 is 9.16. The minimum Gasteiger partial charge on any atom is -0.370 e. The summed E-state index contributed by atoms with van der Waals surface area (Å²) in [7, 11) is 0. The van der Waals surface area contributed by atoms with Crippen LogP contribution in [0.25, 0.3) is 0 Å². The molecule has 2 atom stereocenters. The lowest BCUT2D eigenvalue weighted by Gasteiger charge is -2.29. The zero-order chi connectivity index (χ0) is 13.1. The number of aromatic nitrogens is 2. The van der Waals surface area contributed by atoms with Gasteiger partial charge in [-0.2, -0.15) is 5.10 Å². The summed E-state index contributed by atoms with van der Waals surface area (Å²) in [5.41, 5.74) is 2.18. The molecule has 1 fully saturated rings. The summed E-state index contributed by atoms with van der Waals surface area (Å²) in [5, 5.41) is 7.88. The number of hydrogen-bond donors (Lipinski definition) is 1. The van der Waals surface area contributed by atoms with E-state index in [9.17, 15) is 0 Å². The lowest BCUT2D eigenvalue weighted by atomic mass is 9.97. The van der Waals surface area contributed by atoms with Gasteiger partial charge in [0.15, 0.2) is 0 Å². The van der Waals surface area contributed by atoms with Crippen LogP contribution in [0, 0.1) is 12.8 Å². The summed E-state index contributed by atoms with van der Waals surface area (Å²) >= 11 is 3.60. The van der Waals surface area contributed by atoms with E-state index < -0.39 is 0 Å². The zero-order valence-electron chi connectivity index (χ0n) is 11.4. The molecule has 5 heteroatoms. The Hall–Kier alpha value is -0.390. The maximum Gasteiger partial charge on any atom is 0.0900 e. The van der Waals surface area contributed by atoms with E-state index in [4.69, 9.17) is 4.74 Å². The Morgan fingerprint density at radius 3 is 3.00 bits per heavy atom. The molecule has 18 heavy (non-hydrogen) atoms. The Kier molecular flexibility index (Phi) is 4.81. The van der Waals surface area contributed by atoms with Crippen LogP contribution in [0.4, 0.5) is 0 Å². The van der Waals surface area contributed by atoms with Crippen LogP contribution in [-0.4, -0.2) is 29.0 Å². The lowest BCUT2D eigenvalue weighted by molar-refractivity contribution is -0.00960. The number of nitrogens with zero attached hydrogens (tertiary/aromatic N) is 2. The van der Waals surface area contributed by atoms with Gasteiger partial charge in [0, 0.05) is 13.1 Å². The number of ether oxygens (including phenoxy) is 1. The van der Waals surface area contributed by atoms with E-state index in [0.29, 0.717) is 18.6 Å². The molecule has 1 aliphatic rings. The van der Waals surface area contributed by atoms with Crippen molar-refractivity contribution >= 4 is 15.9 Å². The fourth-order valence-corrected chi connectivity index (χ4v) is 2.78. The smallest absolute Gasteiger partial charge is 0.0900 e. The average molecular weight is 316 g/mol. The number of piperidine rings is 1. The topological polar surface area (TPSA) is 39.1 Å². The predicted molar refractivity (Wildman–Crippen MR) is 75.6 cm³/mol. The summed E-state index contributed by atoms with van der Waals surface area (Å²) in [6.07, 6.45) is 1.50. The highest BCUT2D eigenvalue weighted by atomic mass is 79.9. The van der Waals surface area contributed by atoms with Crippen LogP contribution in [0.15, 0.2) is 4.47 Å². The van der Waals surface area contributed by atoms with Crippen LogP contribution in [0.3, 0.4) is 0 Å². The molecule has 1 aliphatic heterocycles. The third kappa shape index (κ3) is 2.95. The van der Waals surface area contributed by atoms with Gasteiger partial charge in [0.2, 0.25) is 0 Å². The standard InChI is InChI=1S/C13H22BrN3O/c1-4-17-11(13(14)10(3)16-17)8-18-12-7-15-6-5-9(12)2/h9,12,15H,4-8H2,1-3H3. The first-order valence-electron chi connectivity index (χ1n) is 6.67. The number of halogens is 1. The van der Waals surface area contributed by atoms with Gasteiger partial charge in [0.05, 0.1) is 28.6 Å². The van der Waals surface area contributed by atoms with Crippen molar-refractivity contribution in [2.75, 3.05) is 13.1 Å². The van der Waals surface area contributed by atoms with E-state index in [1.807, 2.05) is 11.6 Å². The molecule has 1 N–H and O–H groups in total. The predicted octanol–water partition coefficient (Wildman–Crippen LogP) is 2.49. The Bertz CT molecular complexity index is 405. The molecular weight excluding hydrogens is 294 g/mol. The third-order valence-electron chi connectivity index (χ3n) is 3.64. The van der Waals surface area contributed by atoms with Crippen molar-refractivity contribution in [2.24, 2.45) is 5.92 Å². The van der Waals surface area contributed by atoms with Crippen LogP contribution in [0.1, 0.15) is 31.7 Å². The molecule has 1 aromatic heterocycles. The quantitative estimate of drug-likeness (QED) is 0.927. The minimum absolute atomic E-state index is 0.311. The van der Waals surface area contributed by atoms with E-state index >= 15 is 0 Å². The van der Waals surface area contributed by atoms with Gasteiger partial charge in [0.1, 0.15) is 0 Å². The highest BCUT2D eigenvalue weighted by Crippen LogP contribution is 2.23. The van der Waals surface area contributed by atoms with Gasteiger partial charge in [-0.05, 0) is 48.7 Å². The maximum atomic E-state index is 6.06. The maximum absolute atomic E-state index is 6.06. The van der Waals surface area contributed by atoms with Crippen LogP contribution in [0.2, 0.25) is 0 Å². The zero-order valence-corrected chi connectivity index (χ0v) is 13.0. The van der Waals surface area contributed by atoms with Crippen molar-refractivity contribution in [1.29, 1.82) is 0 Å². The Labute approximate surface area is 117 Å².